The summed E-state index contributed by atoms with van der Waals surface area (Å²) < 4.78 is 36.8. The van der Waals surface area contributed by atoms with Gasteiger partial charge in [0.2, 0.25) is 5.91 Å². The highest BCUT2D eigenvalue weighted by Crippen LogP contribution is 2.28. The SMILES string of the molecule is CCN(CC(F)(F)F)C(=O)C1(C)CCNC1. The summed E-state index contributed by atoms with van der Waals surface area (Å²) in [6.07, 6.45) is -3.73. The van der Waals surface area contributed by atoms with Gasteiger partial charge in [0.05, 0.1) is 5.41 Å². The van der Waals surface area contributed by atoms with Crippen molar-refractivity contribution < 1.29 is 18.0 Å². The lowest BCUT2D eigenvalue weighted by Gasteiger charge is -2.30. The Labute approximate surface area is 93.0 Å². The van der Waals surface area contributed by atoms with E-state index in [0.717, 1.165) is 4.90 Å². The van der Waals surface area contributed by atoms with E-state index in [9.17, 15) is 18.0 Å². The molecule has 6 heteroatoms. The molecule has 0 aromatic carbocycles. The number of carbonyl (C=O) groups is 1. The average Bonchev–Trinajstić information content (AvgIpc) is 2.60. The third-order valence-electron chi connectivity index (χ3n) is 2.92. The van der Waals surface area contributed by atoms with E-state index in [1.54, 1.807) is 13.8 Å². The lowest BCUT2D eigenvalue weighted by molar-refractivity contribution is -0.166. The first-order valence-corrected chi connectivity index (χ1v) is 5.35. The first-order valence-electron chi connectivity index (χ1n) is 5.35. The Kier molecular flexibility index (Phi) is 3.83. The lowest BCUT2D eigenvalue weighted by atomic mass is 9.88. The van der Waals surface area contributed by atoms with Gasteiger partial charge in [-0.25, -0.2) is 0 Å². The van der Waals surface area contributed by atoms with Crippen LogP contribution in [-0.2, 0) is 4.79 Å². The van der Waals surface area contributed by atoms with Crippen LogP contribution in [0.25, 0.3) is 0 Å². The minimum Gasteiger partial charge on any atom is -0.333 e. The summed E-state index contributed by atoms with van der Waals surface area (Å²) in [6.45, 7) is 3.36. The Bertz CT molecular complexity index is 259. The number of nitrogens with one attached hydrogen (secondary N) is 1. The number of halogens is 3. The lowest BCUT2D eigenvalue weighted by Crippen LogP contribution is -2.47. The average molecular weight is 238 g/mol. The molecule has 1 fully saturated rings. The molecule has 1 rings (SSSR count). The standard InChI is InChI=1S/C10H17F3N2O/c1-3-15(7-10(11,12)13)8(16)9(2)4-5-14-6-9/h14H,3-7H2,1-2H3. The first-order chi connectivity index (χ1) is 7.28. The highest BCUT2D eigenvalue weighted by Gasteiger charge is 2.42. The summed E-state index contributed by atoms with van der Waals surface area (Å²) >= 11 is 0. The third-order valence-corrected chi connectivity index (χ3v) is 2.92. The second kappa shape index (κ2) is 4.61. The molecule has 1 amide bonds. The zero-order chi connectivity index (χ0) is 12.4. The number of alkyl halides is 3. The molecule has 0 bridgehead atoms. The minimum absolute atomic E-state index is 0.0912. The summed E-state index contributed by atoms with van der Waals surface area (Å²) in [5.74, 6) is -0.405. The van der Waals surface area contributed by atoms with Gasteiger partial charge in [0.15, 0.2) is 0 Å². The fourth-order valence-corrected chi connectivity index (χ4v) is 1.92. The molecule has 16 heavy (non-hydrogen) atoms. The fourth-order valence-electron chi connectivity index (χ4n) is 1.92. The van der Waals surface area contributed by atoms with Crippen LogP contribution < -0.4 is 5.32 Å². The van der Waals surface area contributed by atoms with Crippen LogP contribution in [0.15, 0.2) is 0 Å². The molecule has 0 aromatic heterocycles. The first kappa shape index (κ1) is 13.3. The summed E-state index contributed by atoms with van der Waals surface area (Å²) in [5.41, 5.74) is -0.679. The second-order valence-corrected chi connectivity index (χ2v) is 4.42. The smallest absolute Gasteiger partial charge is 0.333 e. The van der Waals surface area contributed by atoms with Gasteiger partial charge >= 0.3 is 6.18 Å². The Morgan fingerprint density at radius 1 is 1.50 bits per heavy atom. The van der Waals surface area contributed by atoms with Crippen molar-refractivity contribution in [3.05, 3.63) is 0 Å². The van der Waals surface area contributed by atoms with Crippen LogP contribution in [-0.4, -0.2) is 43.2 Å². The Morgan fingerprint density at radius 2 is 2.12 bits per heavy atom. The van der Waals surface area contributed by atoms with Gasteiger partial charge in [-0.3, -0.25) is 4.79 Å². The van der Waals surface area contributed by atoms with Gasteiger partial charge in [0.1, 0.15) is 6.54 Å². The molecule has 1 aliphatic heterocycles. The van der Waals surface area contributed by atoms with Gasteiger partial charge in [-0.2, -0.15) is 13.2 Å². The van der Waals surface area contributed by atoms with Crippen molar-refractivity contribution in [2.75, 3.05) is 26.2 Å². The number of nitrogens with zero attached hydrogens (tertiary/aromatic N) is 1. The van der Waals surface area contributed by atoms with E-state index < -0.39 is 24.0 Å². The van der Waals surface area contributed by atoms with Crippen molar-refractivity contribution in [3.63, 3.8) is 0 Å². The van der Waals surface area contributed by atoms with Crippen molar-refractivity contribution in [1.82, 2.24) is 10.2 Å². The van der Waals surface area contributed by atoms with Crippen LogP contribution in [0.3, 0.4) is 0 Å². The number of hydrogen-bond donors (Lipinski definition) is 1. The van der Waals surface area contributed by atoms with Gasteiger partial charge in [0.25, 0.3) is 0 Å². The molecule has 0 radical (unpaired) electrons. The topological polar surface area (TPSA) is 32.3 Å². The van der Waals surface area contributed by atoms with Crippen LogP contribution >= 0.6 is 0 Å². The quantitative estimate of drug-likeness (QED) is 0.806. The summed E-state index contributed by atoms with van der Waals surface area (Å²) in [7, 11) is 0. The molecule has 1 N–H and O–H groups in total. The third kappa shape index (κ3) is 3.10. The summed E-state index contributed by atoms with van der Waals surface area (Å²) in [4.78, 5) is 12.8. The second-order valence-electron chi connectivity index (χ2n) is 4.42. The number of hydrogen-bond acceptors (Lipinski definition) is 2. The van der Waals surface area contributed by atoms with E-state index >= 15 is 0 Å². The van der Waals surface area contributed by atoms with Crippen LogP contribution in [0.4, 0.5) is 13.2 Å². The van der Waals surface area contributed by atoms with E-state index in [-0.39, 0.29) is 6.54 Å². The molecule has 1 saturated heterocycles. The van der Waals surface area contributed by atoms with Crippen molar-refractivity contribution in [2.45, 2.75) is 26.4 Å². The van der Waals surface area contributed by atoms with Crippen molar-refractivity contribution in [3.8, 4) is 0 Å². The fraction of sp³-hybridized carbons (Fsp3) is 0.900. The molecule has 1 atom stereocenters. The molecule has 1 aliphatic rings. The number of carbonyl (C=O) groups excluding carboxylic acids is 1. The van der Waals surface area contributed by atoms with E-state index in [4.69, 9.17) is 0 Å². The molecule has 0 aromatic rings. The molecular formula is C10H17F3N2O. The molecule has 94 valence electrons. The van der Waals surface area contributed by atoms with Crippen molar-refractivity contribution in [1.29, 1.82) is 0 Å². The predicted octanol–water partition coefficient (Wildman–Crippen LogP) is 1.40. The monoisotopic (exact) mass is 238 g/mol. The van der Waals surface area contributed by atoms with Crippen LogP contribution in [0.5, 0.6) is 0 Å². The zero-order valence-electron chi connectivity index (χ0n) is 9.52. The molecule has 1 unspecified atom stereocenters. The van der Waals surface area contributed by atoms with E-state index in [1.165, 1.54) is 0 Å². The molecule has 0 saturated carbocycles. The van der Waals surface area contributed by atoms with Crippen LogP contribution in [0.2, 0.25) is 0 Å². The van der Waals surface area contributed by atoms with Crippen LogP contribution in [0.1, 0.15) is 20.3 Å². The van der Waals surface area contributed by atoms with Crippen molar-refractivity contribution in [2.24, 2.45) is 5.41 Å². The minimum atomic E-state index is -4.33. The maximum Gasteiger partial charge on any atom is 0.406 e. The zero-order valence-corrected chi connectivity index (χ0v) is 9.52. The highest BCUT2D eigenvalue weighted by atomic mass is 19.4. The molecule has 0 spiro atoms. The normalized spacial score (nSPS) is 25.8. The maximum atomic E-state index is 12.3. The van der Waals surface area contributed by atoms with Gasteiger partial charge in [0, 0.05) is 13.1 Å². The van der Waals surface area contributed by atoms with E-state index in [1.807, 2.05) is 0 Å². The summed E-state index contributed by atoms with van der Waals surface area (Å²) in [6, 6.07) is 0. The highest BCUT2D eigenvalue weighted by molar-refractivity contribution is 5.83. The van der Waals surface area contributed by atoms with Gasteiger partial charge < -0.3 is 10.2 Å². The molecule has 0 aliphatic carbocycles. The van der Waals surface area contributed by atoms with Gasteiger partial charge in [-0.15, -0.1) is 0 Å². The number of rotatable bonds is 3. The van der Waals surface area contributed by atoms with Gasteiger partial charge in [-0.1, -0.05) is 0 Å². The molecule has 3 nitrogen and oxygen atoms in total. The largest absolute Gasteiger partial charge is 0.406 e. The predicted molar refractivity (Wildman–Crippen MR) is 53.9 cm³/mol. The van der Waals surface area contributed by atoms with Gasteiger partial charge in [-0.05, 0) is 26.8 Å². The molecular weight excluding hydrogens is 221 g/mol. The van der Waals surface area contributed by atoms with Crippen molar-refractivity contribution >= 4 is 5.91 Å². The Balaban J connectivity index is 2.69. The Morgan fingerprint density at radius 3 is 2.50 bits per heavy atom. The molecule has 1 heterocycles. The maximum absolute atomic E-state index is 12.3. The van der Waals surface area contributed by atoms with E-state index in [0.29, 0.717) is 19.5 Å². The Hall–Kier alpha value is -0.780. The summed E-state index contributed by atoms with van der Waals surface area (Å²) in [5, 5.41) is 3.01. The number of amides is 1. The van der Waals surface area contributed by atoms with Crippen LogP contribution in [0, 0.1) is 5.41 Å². The van der Waals surface area contributed by atoms with E-state index in [2.05, 4.69) is 5.32 Å².